The van der Waals surface area contributed by atoms with Gasteiger partial charge in [-0.1, -0.05) is 53.6 Å². The molecule has 0 bridgehead atoms. The van der Waals surface area contributed by atoms with Crippen LogP contribution in [0.5, 0.6) is 0 Å². The molecule has 4 aromatic rings. The van der Waals surface area contributed by atoms with Crippen molar-refractivity contribution in [3.8, 4) is 0 Å². The number of carbonyl (C=O) groups excluding carboxylic acids is 1. The molecular weight excluding hydrogens is 558 g/mol. The van der Waals surface area contributed by atoms with Gasteiger partial charge in [0.05, 0.1) is 21.2 Å². The second-order valence-corrected chi connectivity index (χ2v) is 12.7. The first kappa shape index (κ1) is 28.2. The molecular formula is C28H26ClN3O5S2. The molecule has 0 aliphatic heterocycles. The van der Waals surface area contributed by atoms with Crippen LogP contribution < -0.4 is 14.3 Å². The van der Waals surface area contributed by atoms with Crippen molar-refractivity contribution >= 4 is 54.6 Å². The number of sulfonamides is 2. The van der Waals surface area contributed by atoms with E-state index in [0.717, 1.165) is 9.87 Å². The monoisotopic (exact) mass is 583 g/mol. The fraction of sp³-hybridized carbons (Fsp3) is 0.107. The van der Waals surface area contributed by atoms with Gasteiger partial charge in [0, 0.05) is 10.7 Å². The molecule has 0 aliphatic rings. The SMILES string of the molecule is Cc1ccc(N(CC(=O)Nc2ccc(S(=O)(=O)Nc3cccc(Cl)c3C)cc2)S(=O)(=O)c2ccccc2)cc1. The highest BCUT2D eigenvalue weighted by Gasteiger charge is 2.27. The van der Waals surface area contributed by atoms with E-state index in [-0.39, 0.29) is 9.79 Å². The molecule has 0 unspecified atom stereocenters. The van der Waals surface area contributed by atoms with Crippen molar-refractivity contribution in [1.29, 1.82) is 0 Å². The average molecular weight is 584 g/mol. The Labute approximate surface area is 233 Å². The lowest BCUT2D eigenvalue weighted by atomic mass is 10.2. The minimum atomic E-state index is -4.04. The smallest absolute Gasteiger partial charge is 0.264 e. The van der Waals surface area contributed by atoms with Gasteiger partial charge < -0.3 is 5.32 Å². The summed E-state index contributed by atoms with van der Waals surface area (Å²) >= 11 is 6.09. The number of nitrogens with one attached hydrogen (secondary N) is 2. The van der Waals surface area contributed by atoms with E-state index in [1.807, 2.05) is 6.92 Å². The molecule has 11 heteroatoms. The maximum absolute atomic E-state index is 13.4. The van der Waals surface area contributed by atoms with E-state index in [0.29, 0.717) is 27.6 Å². The van der Waals surface area contributed by atoms with Gasteiger partial charge >= 0.3 is 0 Å². The number of nitrogens with zero attached hydrogens (tertiary/aromatic N) is 1. The fourth-order valence-corrected chi connectivity index (χ4v) is 6.46. The lowest BCUT2D eigenvalue weighted by Gasteiger charge is -2.24. The fourth-order valence-electron chi connectivity index (χ4n) is 3.72. The Morgan fingerprint density at radius 1 is 0.769 bits per heavy atom. The number of carbonyl (C=O) groups is 1. The molecule has 0 saturated heterocycles. The van der Waals surface area contributed by atoms with Crippen LogP contribution in [-0.4, -0.2) is 29.3 Å². The summed E-state index contributed by atoms with van der Waals surface area (Å²) in [7, 11) is -7.96. The summed E-state index contributed by atoms with van der Waals surface area (Å²) in [4.78, 5) is 13.0. The van der Waals surface area contributed by atoms with Crippen LogP contribution in [0.25, 0.3) is 0 Å². The van der Waals surface area contributed by atoms with Crippen molar-refractivity contribution in [2.75, 3.05) is 20.9 Å². The average Bonchev–Trinajstić information content (AvgIpc) is 2.91. The summed E-state index contributed by atoms with van der Waals surface area (Å²) in [5.41, 5.74) is 2.53. The lowest BCUT2D eigenvalue weighted by Crippen LogP contribution is -2.38. The highest BCUT2D eigenvalue weighted by Crippen LogP contribution is 2.27. The normalized spacial score (nSPS) is 11.6. The molecule has 0 saturated carbocycles. The van der Waals surface area contributed by atoms with Crippen LogP contribution in [0.4, 0.5) is 17.1 Å². The van der Waals surface area contributed by atoms with E-state index < -0.39 is 32.5 Å². The summed E-state index contributed by atoms with van der Waals surface area (Å²) in [6.07, 6.45) is 0. The van der Waals surface area contributed by atoms with Gasteiger partial charge in [-0.25, -0.2) is 16.8 Å². The Morgan fingerprint density at radius 3 is 2.05 bits per heavy atom. The minimum Gasteiger partial charge on any atom is -0.325 e. The summed E-state index contributed by atoms with van der Waals surface area (Å²) in [5, 5.41) is 3.08. The minimum absolute atomic E-state index is 0.0205. The molecule has 0 spiro atoms. The predicted molar refractivity (Wildman–Crippen MR) is 154 cm³/mol. The van der Waals surface area contributed by atoms with Crippen LogP contribution in [0, 0.1) is 13.8 Å². The molecule has 0 fully saturated rings. The molecule has 202 valence electrons. The molecule has 39 heavy (non-hydrogen) atoms. The van der Waals surface area contributed by atoms with Crippen LogP contribution in [0.2, 0.25) is 5.02 Å². The van der Waals surface area contributed by atoms with Gasteiger partial charge in [0.2, 0.25) is 5.91 Å². The Morgan fingerprint density at radius 2 is 1.41 bits per heavy atom. The highest BCUT2D eigenvalue weighted by molar-refractivity contribution is 7.93. The maximum atomic E-state index is 13.4. The van der Waals surface area contributed by atoms with E-state index in [2.05, 4.69) is 10.0 Å². The van der Waals surface area contributed by atoms with E-state index in [1.165, 1.54) is 36.4 Å². The third-order valence-electron chi connectivity index (χ3n) is 5.90. The van der Waals surface area contributed by atoms with Gasteiger partial charge in [0.15, 0.2) is 0 Å². The number of benzene rings is 4. The van der Waals surface area contributed by atoms with E-state index in [4.69, 9.17) is 11.6 Å². The van der Waals surface area contributed by atoms with Crippen LogP contribution in [-0.2, 0) is 24.8 Å². The predicted octanol–water partition coefficient (Wildman–Crippen LogP) is 5.59. The number of hydrogen-bond donors (Lipinski definition) is 2. The van der Waals surface area contributed by atoms with Crippen LogP contribution in [0.15, 0.2) is 107 Å². The molecule has 4 aromatic carbocycles. The number of halogens is 1. The Kier molecular flexibility index (Phi) is 8.29. The van der Waals surface area contributed by atoms with E-state index in [1.54, 1.807) is 67.6 Å². The van der Waals surface area contributed by atoms with Gasteiger partial charge in [-0.05, 0) is 80.1 Å². The summed E-state index contributed by atoms with van der Waals surface area (Å²) in [5.74, 6) is -0.599. The largest absolute Gasteiger partial charge is 0.325 e. The van der Waals surface area contributed by atoms with Gasteiger partial charge in [-0.15, -0.1) is 0 Å². The topological polar surface area (TPSA) is 113 Å². The van der Waals surface area contributed by atoms with Crippen molar-refractivity contribution in [1.82, 2.24) is 0 Å². The second-order valence-electron chi connectivity index (χ2n) is 8.75. The summed E-state index contributed by atoms with van der Waals surface area (Å²) in [6, 6.07) is 25.1. The first-order valence-electron chi connectivity index (χ1n) is 11.8. The van der Waals surface area contributed by atoms with Gasteiger partial charge in [-0.3, -0.25) is 13.8 Å². The molecule has 1 amide bonds. The Hall–Kier alpha value is -3.86. The van der Waals surface area contributed by atoms with Crippen LogP contribution >= 0.6 is 11.6 Å². The molecule has 0 atom stereocenters. The van der Waals surface area contributed by atoms with Crippen molar-refractivity contribution in [2.45, 2.75) is 23.6 Å². The second kappa shape index (κ2) is 11.5. The molecule has 0 radical (unpaired) electrons. The molecule has 8 nitrogen and oxygen atoms in total. The van der Waals surface area contributed by atoms with Crippen molar-refractivity contribution < 1.29 is 21.6 Å². The van der Waals surface area contributed by atoms with E-state index >= 15 is 0 Å². The third kappa shape index (κ3) is 6.59. The van der Waals surface area contributed by atoms with E-state index in [9.17, 15) is 21.6 Å². The highest BCUT2D eigenvalue weighted by atomic mass is 35.5. The molecule has 0 heterocycles. The van der Waals surface area contributed by atoms with Gasteiger partial charge in [-0.2, -0.15) is 0 Å². The quantitative estimate of drug-likeness (QED) is 0.267. The zero-order valence-corrected chi connectivity index (χ0v) is 23.5. The summed E-state index contributed by atoms with van der Waals surface area (Å²) < 4.78 is 56.1. The molecule has 2 N–H and O–H groups in total. The van der Waals surface area contributed by atoms with Crippen molar-refractivity contribution in [3.05, 3.63) is 113 Å². The molecule has 0 aliphatic carbocycles. The number of anilines is 3. The van der Waals surface area contributed by atoms with Gasteiger partial charge in [0.1, 0.15) is 6.54 Å². The van der Waals surface area contributed by atoms with Crippen molar-refractivity contribution in [2.24, 2.45) is 0 Å². The first-order valence-corrected chi connectivity index (χ1v) is 15.1. The third-order valence-corrected chi connectivity index (χ3v) is 9.48. The Balaban J connectivity index is 1.52. The lowest BCUT2D eigenvalue weighted by molar-refractivity contribution is -0.114. The molecule has 4 rings (SSSR count). The number of amides is 1. The molecule has 0 aromatic heterocycles. The number of hydrogen-bond acceptors (Lipinski definition) is 5. The number of aryl methyl sites for hydroxylation is 1. The standard InChI is InChI=1S/C28H26ClN3O5S2/c1-20-11-15-23(16-12-20)32(39(36,37)25-7-4-3-5-8-25)19-28(33)30-22-13-17-24(18-14-22)38(34,35)31-27-10-6-9-26(29)21(27)2/h3-18,31H,19H2,1-2H3,(H,30,33). The summed E-state index contributed by atoms with van der Waals surface area (Å²) in [6.45, 7) is 3.09. The van der Waals surface area contributed by atoms with Crippen LogP contribution in [0.1, 0.15) is 11.1 Å². The number of rotatable bonds is 9. The van der Waals surface area contributed by atoms with Crippen molar-refractivity contribution in [3.63, 3.8) is 0 Å². The van der Waals surface area contributed by atoms with Gasteiger partial charge in [0.25, 0.3) is 20.0 Å². The Bertz CT molecular complexity index is 1690. The maximum Gasteiger partial charge on any atom is 0.264 e. The first-order chi connectivity index (χ1) is 18.5. The zero-order chi connectivity index (χ0) is 28.2. The van der Waals surface area contributed by atoms with Crippen LogP contribution in [0.3, 0.4) is 0 Å². The zero-order valence-electron chi connectivity index (χ0n) is 21.1.